The van der Waals surface area contributed by atoms with Crippen molar-refractivity contribution in [3.05, 3.63) is 77.9 Å². The summed E-state index contributed by atoms with van der Waals surface area (Å²) < 4.78 is 69.4. The van der Waals surface area contributed by atoms with Crippen molar-refractivity contribution in [2.45, 2.75) is 44.7 Å². The molecule has 1 aromatic heterocycles. The zero-order chi connectivity index (χ0) is 29.1. The molecule has 0 saturated carbocycles. The van der Waals surface area contributed by atoms with Crippen LogP contribution in [0.15, 0.2) is 66.7 Å². The van der Waals surface area contributed by atoms with Gasteiger partial charge in [-0.1, -0.05) is 13.3 Å². The second-order valence-electron chi connectivity index (χ2n) is 9.72. The quantitative estimate of drug-likeness (QED) is 0.138. The average molecular weight is 579 g/mol. The van der Waals surface area contributed by atoms with Gasteiger partial charge in [-0.15, -0.1) is 11.3 Å². The van der Waals surface area contributed by atoms with Gasteiger partial charge < -0.3 is 14.9 Å². The van der Waals surface area contributed by atoms with Crippen molar-refractivity contribution in [3.8, 4) is 27.7 Å². The molecule has 4 nitrogen and oxygen atoms in total. The van der Waals surface area contributed by atoms with Gasteiger partial charge in [0, 0.05) is 32.5 Å². The van der Waals surface area contributed by atoms with Gasteiger partial charge in [0.25, 0.3) is 0 Å². The highest BCUT2D eigenvalue weighted by atomic mass is 32.1. The lowest BCUT2D eigenvalue weighted by atomic mass is 9.97. The van der Waals surface area contributed by atoms with E-state index in [1.54, 1.807) is 55.5 Å². The second kappa shape index (κ2) is 11.8. The topological polar surface area (TPSA) is 66.8 Å². The largest absolute Gasteiger partial charge is 0.508 e. The Morgan fingerprint density at radius 2 is 1.55 bits per heavy atom. The fraction of sp³-hybridized carbons (Fsp3) is 0.300. The number of ether oxygens (including phenoxy) is 1. The van der Waals surface area contributed by atoms with Gasteiger partial charge in [-0.2, -0.15) is 22.0 Å². The van der Waals surface area contributed by atoms with E-state index in [2.05, 4.69) is 0 Å². The summed E-state index contributed by atoms with van der Waals surface area (Å²) in [4.78, 5) is 14.3. The van der Waals surface area contributed by atoms with Crippen LogP contribution in [0, 0.1) is 5.92 Å². The highest BCUT2D eigenvalue weighted by Gasteiger charge is 2.56. The molecule has 0 aliphatic carbocycles. The lowest BCUT2D eigenvalue weighted by molar-refractivity contribution is -0.284. The van der Waals surface area contributed by atoms with Crippen molar-refractivity contribution in [2.24, 2.45) is 5.92 Å². The van der Waals surface area contributed by atoms with E-state index >= 15 is 0 Å². The molecule has 0 aliphatic heterocycles. The molecule has 0 spiro atoms. The van der Waals surface area contributed by atoms with E-state index in [1.165, 1.54) is 29.5 Å². The number of phenolic OH excluding ortho intramolecular Hbond substituents is 2. The molecule has 3 aromatic carbocycles. The Hall–Kier alpha value is -3.66. The fourth-order valence-electron chi connectivity index (χ4n) is 4.31. The first-order chi connectivity index (χ1) is 18.9. The minimum absolute atomic E-state index is 0.0834. The average Bonchev–Trinajstić information content (AvgIpc) is 3.26. The number of rotatable bonds is 11. The number of ketones is 1. The molecule has 0 amide bonds. The Morgan fingerprint density at radius 1 is 0.900 bits per heavy atom. The summed E-state index contributed by atoms with van der Waals surface area (Å²) in [5, 5.41) is 20.3. The number of aromatic hydroxyl groups is 2. The molecule has 0 bridgehead atoms. The van der Waals surface area contributed by atoms with Crippen LogP contribution in [0.4, 0.5) is 22.0 Å². The smallest absolute Gasteiger partial charge is 0.453 e. The zero-order valence-corrected chi connectivity index (χ0v) is 22.3. The van der Waals surface area contributed by atoms with Crippen molar-refractivity contribution in [2.75, 3.05) is 6.61 Å². The number of thiophene rings is 1. The summed E-state index contributed by atoms with van der Waals surface area (Å²) in [5.74, 6) is -4.33. The molecule has 1 heterocycles. The second-order valence-corrected chi connectivity index (χ2v) is 10.8. The molecule has 1 unspecified atom stereocenters. The van der Waals surface area contributed by atoms with Gasteiger partial charge in [-0.05, 0) is 91.1 Å². The van der Waals surface area contributed by atoms with Gasteiger partial charge in [0.1, 0.15) is 17.2 Å². The summed E-state index contributed by atoms with van der Waals surface area (Å²) in [6.07, 6.45) is -6.31. The predicted octanol–water partition coefficient (Wildman–Crippen LogP) is 8.98. The first-order valence-corrected chi connectivity index (χ1v) is 13.4. The summed E-state index contributed by atoms with van der Waals surface area (Å²) in [6, 6.07) is 17.9. The zero-order valence-electron chi connectivity index (χ0n) is 21.5. The summed E-state index contributed by atoms with van der Waals surface area (Å²) in [7, 11) is 0. The van der Waals surface area contributed by atoms with Crippen LogP contribution in [0.25, 0.3) is 20.5 Å². The van der Waals surface area contributed by atoms with E-state index in [4.69, 9.17) is 4.74 Å². The maximum atomic E-state index is 13.6. The third-order valence-electron chi connectivity index (χ3n) is 6.63. The molecule has 0 aliphatic rings. The molecule has 4 aromatic rings. The number of phenols is 2. The predicted molar refractivity (Wildman–Crippen MR) is 145 cm³/mol. The number of hydrogen-bond donors (Lipinski definition) is 2. The third kappa shape index (κ3) is 6.72. The molecule has 2 N–H and O–H groups in total. The highest BCUT2D eigenvalue weighted by Crippen LogP contribution is 2.42. The molecule has 40 heavy (non-hydrogen) atoms. The molecule has 10 heteroatoms. The molecular formula is C30H27F5O4S. The van der Waals surface area contributed by atoms with E-state index in [0.717, 1.165) is 10.3 Å². The van der Waals surface area contributed by atoms with Gasteiger partial charge >= 0.3 is 12.1 Å². The lowest BCUT2D eigenvalue weighted by Crippen LogP contribution is -2.36. The molecule has 212 valence electrons. The van der Waals surface area contributed by atoms with Crippen molar-refractivity contribution < 1.29 is 41.7 Å². The van der Waals surface area contributed by atoms with Gasteiger partial charge in [-0.3, -0.25) is 4.79 Å². The molecule has 0 fully saturated rings. The fourth-order valence-corrected chi connectivity index (χ4v) is 5.55. The molecule has 0 saturated heterocycles. The minimum Gasteiger partial charge on any atom is -0.508 e. The van der Waals surface area contributed by atoms with Gasteiger partial charge in [-0.25, -0.2) is 0 Å². The summed E-state index contributed by atoms with van der Waals surface area (Å²) >= 11 is 1.36. The van der Waals surface area contributed by atoms with E-state index in [9.17, 15) is 37.0 Å². The number of hydrogen-bond acceptors (Lipinski definition) is 5. The van der Waals surface area contributed by atoms with Crippen LogP contribution in [0.2, 0.25) is 0 Å². The van der Waals surface area contributed by atoms with Crippen LogP contribution in [-0.2, 0) is 0 Å². The van der Waals surface area contributed by atoms with Crippen LogP contribution >= 0.6 is 11.3 Å². The molecule has 4 rings (SSSR count). The van der Waals surface area contributed by atoms with Crippen molar-refractivity contribution >= 4 is 27.2 Å². The van der Waals surface area contributed by atoms with Crippen LogP contribution in [0.5, 0.6) is 17.2 Å². The van der Waals surface area contributed by atoms with Crippen molar-refractivity contribution in [1.29, 1.82) is 0 Å². The monoisotopic (exact) mass is 578 g/mol. The Bertz CT molecular complexity index is 1460. The maximum Gasteiger partial charge on any atom is 0.453 e. The lowest BCUT2D eigenvalue weighted by Gasteiger charge is -2.20. The van der Waals surface area contributed by atoms with E-state index in [-0.39, 0.29) is 42.6 Å². The van der Waals surface area contributed by atoms with Crippen LogP contribution < -0.4 is 4.74 Å². The summed E-state index contributed by atoms with van der Waals surface area (Å²) in [6.45, 7) is 2.02. The number of halogens is 5. The number of carbonyl (C=O) groups excluding carboxylic acids is 1. The van der Waals surface area contributed by atoms with Crippen molar-refractivity contribution in [1.82, 2.24) is 0 Å². The Kier molecular flexibility index (Phi) is 8.68. The highest BCUT2D eigenvalue weighted by molar-refractivity contribution is 7.22. The van der Waals surface area contributed by atoms with E-state index in [1.807, 2.05) is 0 Å². The molecule has 1 atom stereocenters. The Morgan fingerprint density at radius 3 is 2.20 bits per heavy atom. The number of benzene rings is 3. The Labute approximate surface area is 231 Å². The number of fused-ring (bicyclic) bond motifs is 1. The van der Waals surface area contributed by atoms with E-state index in [0.29, 0.717) is 33.6 Å². The number of carbonyl (C=O) groups is 1. The molecular weight excluding hydrogens is 551 g/mol. The van der Waals surface area contributed by atoms with Crippen LogP contribution in [0.1, 0.15) is 48.5 Å². The minimum atomic E-state index is -5.53. The van der Waals surface area contributed by atoms with Crippen LogP contribution in [0.3, 0.4) is 0 Å². The van der Waals surface area contributed by atoms with Crippen molar-refractivity contribution in [3.63, 3.8) is 0 Å². The standard InChI is InChI=1S/C30H27F5O4S/c1-18(3-2-15-29(31,32)30(33,34)35)14-16-39-23-11-6-19(7-12-23)27(38)26-24-13-10-22(37)17-25(24)40-28(26)20-4-8-21(36)9-5-20/h4-13,17-18,36-37H,2-3,14-16H2,1H3. The summed E-state index contributed by atoms with van der Waals surface area (Å²) in [5.41, 5.74) is 1.64. The van der Waals surface area contributed by atoms with Gasteiger partial charge in [0.15, 0.2) is 5.78 Å². The van der Waals surface area contributed by atoms with Gasteiger partial charge in [0.05, 0.1) is 6.61 Å². The molecule has 0 radical (unpaired) electrons. The SMILES string of the molecule is CC(CCCC(F)(F)C(F)(F)F)CCOc1ccc(C(=O)c2c(-c3ccc(O)cc3)sc3cc(O)ccc23)cc1. The maximum absolute atomic E-state index is 13.6. The third-order valence-corrected chi connectivity index (χ3v) is 7.83. The van der Waals surface area contributed by atoms with Gasteiger partial charge in [0.2, 0.25) is 0 Å². The normalized spacial score (nSPS) is 12.9. The Balaban J connectivity index is 1.40. The first-order valence-electron chi connectivity index (χ1n) is 12.6. The van der Waals surface area contributed by atoms with E-state index < -0.39 is 18.5 Å². The number of alkyl halides is 5. The first kappa shape index (κ1) is 29.3. The van der Waals surface area contributed by atoms with Crippen LogP contribution in [-0.4, -0.2) is 34.7 Å².